The van der Waals surface area contributed by atoms with E-state index in [1.165, 1.54) is 4.68 Å². The molecule has 1 atom stereocenters. The molecule has 8 heteroatoms. The first-order valence-corrected chi connectivity index (χ1v) is 9.41. The zero-order valence-electron chi connectivity index (χ0n) is 15.0. The van der Waals surface area contributed by atoms with Gasteiger partial charge >= 0.3 is 0 Å². The molecule has 1 aliphatic rings. The van der Waals surface area contributed by atoms with Gasteiger partial charge in [0.2, 0.25) is 0 Å². The number of hydrogen-bond donors (Lipinski definition) is 1. The van der Waals surface area contributed by atoms with Gasteiger partial charge in [0.15, 0.2) is 0 Å². The quantitative estimate of drug-likeness (QED) is 0.842. The van der Waals surface area contributed by atoms with Gasteiger partial charge in [-0.25, -0.2) is 0 Å². The maximum Gasteiger partial charge on any atom is 0.292 e. The lowest BCUT2D eigenvalue weighted by atomic mass is 10.2. The summed E-state index contributed by atoms with van der Waals surface area (Å²) >= 11 is 12.2. The minimum Gasteiger partial charge on any atom is -0.379 e. The number of piperazine rings is 1. The van der Waals surface area contributed by atoms with Crippen molar-refractivity contribution in [2.75, 3.05) is 45.1 Å². The van der Waals surface area contributed by atoms with Crippen LogP contribution in [0.3, 0.4) is 0 Å². The molecular formula is C18H23Cl2N5O. The Labute approximate surface area is 163 Å². The average molecular weight is 396 g/mol. The van der Waals surface area contributed by atoms with Gasteiger partial charge in [-0.2, -0.15) is 9.78 Å². The number of nitrogens with zero attached hydrogens (tertiary/aromatic N) is 4. The van der Waals surface area contributed by atoms with E-state index in [9.17, 15) is 4.79 Å². The van der Waals surface area contributed by atoms with Crippen LogP contribution in [-0.4, -0.2) is 65.4 Å². The van der Waals surface area contributed by atoms with Gasteiger partial charge in [-0.05, 0) is 38.2 Å². The molecule has 0 amide bonds. The molecule has 1 N–H and O–H groups in total. The van der Waals surface area contributed by atoms with Crippen LogP contribution < -0.4 is 10.9 Å². The summed E-state index contributed by atoms with van der Waals surface area (Å²) in [6.07, 6.45) is 1.60. The number of halogens is 2. The van der Waals surface area contributed by atoms with Crippen molar-refractivity contribution >= 4 is 28.9 Å². The van der Waals surface area contributed by atoms with E-state index in [0.29, 0.717) is 16.4 Å². The van der Waals surface area contributed by atoms with Gasteiger partial charge in [0.1, 0.15) is 5.02 Å². The molecule has 1 aromatic carbocycles. The number of aromatic nitrogens is 2. The SMILES string of the molecule is CC(CN1CCN(C)CC1)Nc1cnn(-c2ccc(Cl)cc2)c(=O)c1Cl. The van der Waals surface area contributed by atoms with Crippen LogP contribution in [0.1, 0.15) is 6.92 Å². The third-order valence-corrected chi connectivity index (χ3v) is 5.14. The highest BCUT2D eigenvalue weighted by molar-refractivity contribution is 6.33. The first kappa shape index (κ1) is 19.2. The minimum absolute atomic E-state index is 0.139. The highest BCUT2D eigenvalue weighted by atomic mass is 35.5. The lowest BCUT2D eigenvalue weighted by Gasteiger charge is -2.34. The highest BCUT2D eigenvalue weighted by Crippen LogP contribution is 2.19. The second kappa shape index (κ2) is 8.39. The molecule has 1 saturated heterocycles. The van der Waals surface area contributed by atoms with Crippen molar-refractivity contribution in [2.24, 2.45) is 0 Å². The molecule has 6 nitrogen and oxygen atoms in total. The van der Waals surface area contributed by atoms with Crippen LogP contribution in [-0.2, 0) is 0 Å². The largest absolute Gasteiger partial charge is 0.379 e. The minimum atomic E-state index is -0.356. The van der Waals surface area contributed by atoms with Crippen molar-refractivity contribution in [1.29, 1.82) is 0 Å². The maximum atomic E-state index is 12.6. The van der Waals surface area contributed by atoms with Crippen molar-refractivity contribution in [1.82, 2.24) is 19.6 Å². The number of hydrogen-bond acceptors (Lipinski definition) is 5. The average Bonchev–Trinajstić information content (AvgIpc) is 2.62. The summed E-state index contributed by atoms with van der Waals surface area (Å²) in [5.41, 5.74) is 0.827. The molecule has 2 aromatic rings. The van der Waals surface area contributed by atoms with Crippen LogP contribution in [0.4, 0.5) is 5.69 Å². The predicted octanol–water partition coefficient (Wildman–Crippen LogP) is 2.59. The normalized spacial score (nSPS) is 17.2. The molecule has 26 heavy (non-hydrogen) atoms. The predicted molar refractivity (Wildman–Crippen MR) is 107 cm³/mol. The Kier molecular flexibility index (Phi) is 6.19. The second-order valence-corrected chi connectivity index (χ2v) is 7.53. The first-order valence-electron chi connectivity index (χ1n) is 8.65. The Bertz CT molecular complexity index is 800. The number of likely N-dealkylation sites (N-methyl/N-ethyl adjacent to an activating group) is 1. The molecule has 0 saturated carbocycles. The standard InChI is InChI=1S/C18H23Cl2N5O/c1-13(12-24-9-7-23(2)8-10-24)22-16-11-21-25(18(26)17(16)20)15-5-3-14(19)4-6-15/h3-6,11,13,22H,7-10,12H2,1-2H3. The van der Waals surface area contributed by atoms with Gasteiger partial charge in [0.05, 0.1) is 17.6 Å². The van der Waals surface area contributed by atoms with Crippen LogP contribution in [0.2, 0.25) is 10.0 Å². The smallest absolute Gasteiger partial charge is 0.292 e. The third kappa shape index (κ3) is 4.57. The molecule has 1 aromatic heterocycles. The second-order valence-electron chi connectivity index (χ2n) is 6.71. The molecule has 1 fully saturated rings. The molecule has 2 heterocycles. The molecule has 0 spiro atoms. The van der Waals surface area contributed by atoms with Gasteiger partial charge in [0.25, 0.3) is 5.56 Å². The summed E-state index contributed by atoms with van der Waals surface area (Å²) in [7, 11) is 2.14. The molecule has 1 aliphatic heterocycles. The van der Waals surface area contributed by atoms with E-state index in [0.717, 1.165) is 32.7 Å². The fourth-order valence-electron chi connectivity index (χ4n) is 3.03. The zero-order chi connectivity index (χ0) is 18.7. The first-order chi connectivity index (χ1) is 12.4. The van der Waals surface area contributed by atoms with E-state index in [4.69, 9.17) is 23.2 Å². The van der Waals surface area contributed by atoms with E-state index in [1.54, 1.807) is 30.5 Å². The fraction of sp³-hybridized carbons (Fsp3) is 0.444. The molecule has 0 radical (unpaired) electrons. The number of nitrogens with one attached hydrogen (secondary N) is 1. The Morgan fingerprint density at radius 3 is 2.46 bits per heavy atom. The number of benzene rings is 1. The Hall–Kier alpha value is -1.60. The van der Waals surface area contributed by atoms with Gasteiger partial charge in [-0.3, -0.25) is 9.69 Å². The Balaban J connectivity index is 1.70. The van der Waals surface area contributed by atoms with Crippen LogP contribution in [0.25, 0.3) is 5.69 Å². The van der Waals surface area contributed by atoms with Crippen LogP contribution in [0.5, 0.6) is 0 Å². The van der Waals surface area contributed by atoms with E-state index < -0.39 is 0 Å². The molecule has 0 bridgehead atoms. The van der Waals surface area contributed by atoms with Crippen LogP contribution in [0.15, 0.2) is 35.3 Å². The van der Waals surface area contributed by atoms with Crippen molar-refractivity contribution in [3.05, 3.63) is 50.9 Å². The Morgan fingerprint density at radius 1 is 1.15 bits per heavy atom. The summed E-state index contributed by atoms with van der Waals surface area (Å²) < 4.78 is 1.27. The van der Waals surface area contributed by atoms with E-state index >= 15 is 0 Å². The van der Waals surface area contributed by atoms with Crippen LogP contribution in [0, 0.1) is 0 Å². The van der Waals surface area contributed by atoms with Crippen molar-refractivity contribution < 1.29 is 0 Å². The summed E-state index contributed by atoms with van der Waals surface area (Å²) in [6.45, 7) is 7.22. The maximum absolute atomic E-state index is 12.6. The molecule has 1 unspecified atom stereocenters. The van der Waals surface area contributed by atoms with Crippen LogP contribution >= 0.6 is 23.2 Å². The monoisotopic (exact) mass is 395 g/mol. The highest BCUT2D eigenvalue weighted by Gasteiger charge is 2.18. The van der Waals surface area contributed by atoms with E-state index in [2.05, 4.69) is 34.2 Å². The van der Waals surface area contributed by atoms with E-state index in [-0.39, 0.29) is 16.6 Å². The number of anilines is 1. The van der Waals surface area contributed by atoms with Gasteiger partial charge in [0, 0.05) is 43.8 Å². The number of rotatable bonds is 5. The van der Waals surface area contributed by atoms with Crippen molar-refractivity contribution in [2.45, 2.75) is 13.0 Å². The molecule has 140 valence electrons. The Morgan fingerprint density at radius 2 is 1.81 bits per heavy atom. The van der Waals surface area contributed by atoms with Crippen molar-refractivity contribution in [3.8, 4) is 5.69 Å². The summed E-state index contributed by atoms with van der Waals surface area (Å²) in [5.74, 6) is 0. The molecular weight excluding hydrogens is 373 g/mol. The zero-order valence-corrected chi connectivity index (χ0v) is 16.5. The molecule has 3 rings (SSSR count). The lowest BCUT2D eigenvalue weighted by Crippen LogP contribution is -2.47. The van der Waals surface area contributed by atoms with Gasteiger partial charge in [-0.15, -0.1) is 0 Å². The topological polar surface area (TPSA) is 53.4 Å². The molecule has 0 aliphatic carbocycles. The van der Waals surface area contributed by atoms with Gasteiger partial charge in [-0.1, -0.05) is 23.2 Å². The van der Waals surface area contributed by atoms with Gasteiger partial charge < -0.3 is 10.2 Å². The fourth-order valence-corrected chi connectivity index (χ4v) is 3.34. The summed E-state index contributed by atoms with van der Waals surface area (Å²) in [6, 6.07) is 7.04. The lowest BCUT2D eigenvalue weighted by molar-refractivity contribution is 0.151. The van der Waals surface area contributed by atoms with Crippen molar-refractivity contribution in [3.63, 3.8) is 0 Å². The summed E-state index contributed by atoms with van der Waals surface area (Å²) in [4.78, 5) is 17.3. The van der Waals surface area contributed by atoms with E-state index in [1.807, 2.05) is 0 Å². The summed E-state index contributed by atoms with van der Waals surface area (Å²) in [5, 5.41) is 8.30. The third-order valence-electron chi connectivity index (χ3n) is 4.52.